The lowest BCUT2D eigenvalue weighted by molar-refractivity contribution is 0.558. The zero-order chi connectivity index (χ0) is 14.4. The molecule has 1 aromatic carbocycles. The molecule has 0 radical (unpaired) electrons. The highest BCUT2D eigenvalue weighted by atomic mass is 32.2. The summed E-state index contributed by atoms with van der Waals surface area (Å²) in [5.41, 5.74) is 2.87. The molecule has 0 amide bonds. The summed E-state index contributed by atoms with van der Waals surface area (Å²) in [6.07, 6.45) is 1.76. The summed E-state index contributed by atoms with van der Waals surface area (Å²) in [5.74, 6) is 5.84. The predicted molar refractivity (Wildman–Crippen MR) is 77.5 cm³/mol. The van der Waals surface area contributed by atoms with Crippen LogP contribution in [-0.4, -0.2) is 18.9 Å². The summed E-state index contributed by atoms with van der Waals surface area (Å²) in [6.45, 7) is 1.91. The van der Waals surface area contributed by atoms with Gasteiger partial charge in [-0.05, 0) is 50.1 Å². The highest BCUT2D eigenvalue weighted by Gasteiger charge is 2.41. The minimum Gasteiger partial charge on any atom is -0.308 e. The van der Waals surface area contributed by atoms with Gasteiger partial charge in [0.15, 0.2) is 0 Å². The van der Waals surface area contributed by atoms with Gasteiger partial charge in [0.1, 0.15) is 5.82 Å². The van der Waals surface area contributed by atoms with Crippen molar-refractivity contribution in [1.82, 2.24) is 9.71 Å². The quantitative estimate of drug-likeness (QED) is 0.584. The van der Waals surface area contributed by atoms with Gasteiger partial charge < -0.3 is 5.43 Å². The lowest BCUT2D eigenvalue weighted by Crippen LogP contribution is -2.34. The van der Waals surface area contributed by atoms with Crippen molar-refractivity contribution in [2.45, 2.75) is 30.2 Å². The van der Waals surface area contributed by atoms with Gasteiger partial charge in [-0.2, -0.15) is 0 Å². The average Bonchev–Trinajstić information content (AvgIpc) is 3.13. The average molecular weight is 292 g/mol. The third-order valence-corrected chi connectivity index (χ3v) is 5.14. The van der Waals surface area contributed by atoms with E-state index >= 15 is 0 Å². The second-order valence-electron chi connectivity index (χ2n) is 5.36. The maximum Gasteiger partial charge on any atom is 0.241 e. The number of hydrazine groups is 1. The number of benzene rings is 1. The van der Waals surface area contributed by atoms with Crippen molar-refractivity contribution < 1.29 is 8.42 Å². The van der Waals surface area contributed by atoms with E-state index in [0.29, 0.717) is 11.3 Å². The minimum absolute atomic E-state index is 0.258. The van der Waals surface area contributed by atoms with Crippen LogP contribution in [0.3, 0.4) is 0 Å². The summed E-state index contributed by atoms with van der Waals surface area (Å²) in [5, 5.41) is 0.757. The number of hydrogen-bond donors (Lipinski definition) is 3. The van der Waals surface area contributed by atoms with Crippen molar-refractivity contribution in [3.05, 3.63) is 30.3 Å². The molecule has 1 heterocycles. The fourth-order valence-corrected chi connectivity index (χ4v) is 3.52. The van der Waals surface area contributed by atoms with E-state index < -0.39 is 10.0 Å². The Labute approximate surface area is 117 Å². The van der Waals surface area contributed by atoms with Crippen LogP contribution in [0.4, 0.5) is 5.82 Å². The Hall–Kier alpha value is -1.70. The number of anilines is 1. The number of sulfonamides is 1. The zero-order valence-electron chi connectivity index (χ0n) is 11.1. The Morgan fingerprint density at radius 3 is 2.65 bits per heavy atom. The van der Waals surface area contributed by atoms with Crippen molar-refractivity contribution in [3.63, 3.8) is 0 Å². The fraction of sp³-hybridized carbons (Fsp3) is 0.308. The summed E-state index contributed by atoms with van der Waals surface area (Å²) < 4.78 is 27.3. The van der Waals surface area contributed by atoms with E-state index in [4.69, 9.17) is 5.84 Å². The second-order valence-corrected chi connectivity index (χ2v) is 7.04. The standard InChI is InChI=1S/C13H16N4O2S/c1-13(6-7-13)17-20(18,19)10-3-4-11-9(8-10)2-5-12(15-11)16-14/h2-5,8,17H,6-7,14H2,1H3,(H,15,16). The summed E-state index contributed by atoms with van der Waals surface area (Å²) >= 11 is 0. The molecule has 0 spiro atoms. The third kappa shape index (κ3) is 2.47. The van der Waals surface area contributed by atoms with E-state index in [1.807, 2.05) is 6.92 Å². The van der Waals surface area contributed by atoms with Crippen LogP contribution in [0, 0.1) is 0 Å². The maximum atomic E-state index is 12.3. The van der Waals surface area contributed by atoms with E-state index in [1.165, 1.54) is 0 Å². The molecule has 6 nitrogen and oxygen atoms in total. The van der Waals surface area contributed by atoms with Crippen molar-refractivity contribution in [1.29, 1.82) is 0 Å². The molecule has 1 fully saturated rings. The largest absolute Gasteiger partial charge is 0.308 e. The Kier molecular flexibility index (Phi) is 2.93. The first-order valence-corrected chi connectivity index (χ1v) is 7.82. The van der Waals surface area contributed by atoms with Crippen molar-refractivity contribution >= 4 is 26.7 Å². The molecule has 0 atom stereocenters. The van der Waals surface area contributed by atoms with Gasteiger partial charge in [-0.1, -0.05) is 0 Å². The van der Waals surface area contributed by atoms with Crippen LogP contribution in [0.1, 0.15) is 19.8 Å². The highest BCUT2D eigenvalue weighted by molar-refractivity contribution is 7.89. The first-order chi connectivity index (χ1) is 9.42. The number of pyridine rings is 1. The number of nitrogens with one attached hydrogen (secondary N) is 2. The van der Waals surface area contributed by atoms with Gasteiger partial charge in [0, 0.05) is 10.9 Å². The molecule has 0 bridgehead atoms. The molecule has 4 N–H and O–H groups in total. The predicted octanol–water partition coefficient (Wildman–Crippen LogP) is 1.35. The number of nitrogens with two attached hydrogens (primary N) is 1. The number of rotatable bonds is 4. The molecular formula is C13H16N4O2S. The number of nitrogens with zero attached hydrogens (tertiary/aromatic N) is 1. The lowest BCUT2D eigenvalue weighted by Gasteiger charge is -2.12. The number of hydrogen-bond acceptors (Lipinski definition) is 5. The van der Waals surface area contributed by atoms with E-state index in [1.54, 1.807) is 30.3 Å². The van der Waals surface area contributed by atoms with Crippen molar-refractivity contribution in [3.8, 4) is 0 Å². The van der Waals surface area contributed by atoms with Gasteiger partial charge >= 0.3 is 0 Å². The molecule has 0 saturated heterocycles. The van der Waals surface area contributed by atoms with Gasteiger partial charge in [-0.3, -0.25) is 0 Å². The lowest BCUT2D eigenvalue weighted by atomic mass is 10.2. The van der Waals surface area contributed by atoms with Gasteiger partial charge in [0.05, 0.1) is 10.4 Å². The van der Waals surface area contributed by atoms with Crippen LogP contribution in [0.25, 0.3) is 10.9 Å². The molecule has 106 valence electrons. The van der Waals surface area contributed by atoms with Crippen LogP contribution >= 0.6 is 0 Å². The smallest absolute Gasteiger partial charge is 0.241 e. The molecule has 0 aliphatic heterocycles. The van der Waals surface area contributed by atoms with Crippen LogP contribution in [0.15, 0.2) is 35.2 Å². The Morgan fingerprint density at radius 1 is 1.25 bits per heavy atom. The topological polar surface area (TPSA) is 97.1 Å². The summed E-state index contributed by atoms with van der Waals surface area (Å²) in [6, 6.07) is 8.35. The Balaban J connectivity index is 2.00. The molecule has 0 unspecified atom stereocenters. The maximum absolute atomic E-state index is 12.3. The van der Waals surface area contributed by atoms with Crippen LogP contribution in [0.2, 0.25) is 0 Å². The molecular weight excluding hydrogens is 276 g/mol. The van der Waals surface area contributed by atoms with Gasteiger partial charge in [0.25, 0.3) is 0 Å². The molecule has 1 aromatic heterocycles. The zero-order valence-corrected chi connectivity index (χ0v) is 11.9. The van der Waals surface area contributed by atoms with Gasteiger partial charge in [-0.15, -0.1) is 0 Å². The van der Waals surface area contributed by atoms with E-state index in [-0.39, 0.29) is 10.4 Å². The monoisotopic (exact) mass is 292 g/mol. The van der Waals surface area contributed by atoms with E-state index in [9.17, 15) is 8.42 Å². The van der Waals surface area contributed by atoms with E-state index in [0.717, 1.165) is 18.2 Å². The first-order valence-electron chi connectivity index (χ1n) is 6.33. The molecule has 3 rings (SSSR count). The minimum atomic E-state index is -3.48. The van der Waals surface area contributed by atoms with Crippen LogP contribution in [-0.2, 0) is 10.0 Å². The Morgan fingerprint density at radius 2 is 2.00 bits per heavy atom. The summed E-state index contributed by atoms with van der Waals surface area (Å²) in [4.78, 5) is 4.51. The van der Waals surface area contributed by atoms with Crippen molar-refractivity contribution in [2.75, 3.05) is 5.43 Å². The number of nitrogen functional groups attached to an aromatic ring is 1. The molecule has 1 saturated carbocycles. The first kappa shape index (κ1) is 13.3. The number of fused-ring (bicyclic) bond motifs is 1. The molecule has 2 aromatic rings. The molecule has 7 heteroatoms. The third-order valence-electron chi connectivity index (χ3n) is 3.50. The highest BCUT2D eigenvalue weighted by Crippen LogP contribution is 2.36. The molecule has 20 heavy (non-hydrogen) atoms. The van der Waals surface area contributed by atoms with Crippen LogP contribution < -0.4 is 16.0 Å². The molecule has 1 aliphatic rings. The Bertz CT molecular complexity index is 769. The fourth-order valence-electron chi connectivity index (χ4n) is 2.02. The molecule has 1 aliphatic carbocycles. The normalized spacial score (nSPS) is 17.1. The number of aromatic nitrogens is 1. The van der Waals surface area contributed by atoms with Crippen LogP contribution in [0.5, 0.6) is 0 Å². The SMILES string of the molecule is CC1(NS(=O)(=O)c2ccc3nc(NN)ccc3c2)CC1. The van der Waals surface area contributed by atoms with Gasteiger partial charge in [-0.25, -0.2) is 24.0 Å². The van der Waals surface area contributed by atoms with E-state index in [2.05, 4.69) is 15.1 Å². The summed E-state index contributed by atoms with van der Waals surface area (Å²) in [7, 11) is -3.48. The van der Waals surface area contributed by atoms with Crippen molar-refractivity contribution in [2.24, 2.45) is 5.84 Å². The second kappa shape index (κ2) is 4.41. The van der Waals surface area contributed by atoms with Gasteiger partial charge in [0.2, 0.25) is 10.0 Å².